The standard InChI is InChI=1S/C11H18N4S.HI/c1-2-5-13-11(12)14-6-10-15-9(7-16-10)8-3-4-8;/h7-8H,2-6H2,1H3,(H3,12,13,14);1H. The van der Waals surface area contributed by atoms with Crippen LogP contribution in [0.4, 0.5) is 0 Å². The van der Waals surface area contributed by atoms with E-state index in [-0.39, 0.29) is 24.0 Å². The van der Waals surface area contributed by atoms with Crippen LogP contribution >= 0.6 is 35.3 Å². The van der Waals surface area contributed by atoms with Crippen LogP contribution in [0.15, 0.2) is 10.4 Å². The number of nitrogens with two attached hydrogens (primary N) is 1. The highest BCUT2D eigenvalue weighted by Crippen LogP contribution is 2.40. The first-order valence-electron chi connectivity index (χ1n) is 5.77. The van der Waals surface area contributed by atoms with E-state index in [1.165, 1.54) is 18.5 Å². The molecule has 0 radical (unpaired) electrons. The zero-order chi connectivity index (χ0) is 11.4. The number of aromatic nitrogens is 1. The van der Waals surface area contributed by atoms with Gasteiger partial charge < -0.3 is 11.1 Å². The summed E-state index contributed by atoms with van der Waals surface area (Å²) in [6.45, 7) is 3.57. The maximum atomic E-state index is 5.70. The van der Waals surface area contributed by atoms with Crippen molar-refractivity contribution in [2.24, 2.45) is 10.7 Å². The van der Waals surface area contributed by atoms with Crippen molar-refractivity contribution in [1.82, 2.24) is 10.3 Å². The zero-order valence-electron chi connectivity index (χ0n) is 9.98. The third kappa shape index (κ3) is 4.79. The Kier molecular flexibility index (Phi) is 6.18. The van der Waals surface area contributed by atoms with Gasteiger partial charge in [0, 0.05) is 17.8 Å². The van der Waals surface area contributed by atoms with E-state index >= 15 is 0 Å². The van der Waals surface area contributed by atoms with Gasteiger partial charge in [0.1, 0.15) is 5.01 Å². The van der Waals surface area contributed by atoms with Crippen LogP contribution in [0, 0.1) is 0 Å². The monoisotopic (exact) mass is 366 g/mol. The number of hydrogen-bond donors (Lipinski definition) is 2. The number of nitrogens with zero attached hydrogens (tertiary/aromatic N) is 2. The number of hydrogen-bond acceptors (Lipinski definition) is 3. The van der Waals surface area contributed by atoms with Crippen LogP contribution in [0.5, 0.6) is 0 Å². The molecular formula is C11H19IN4S. The highest BCUT2D eigenvalue weighted by Gasteiger charge is 2.25. The van der Waals surface area contributed by atoms with E-state index in [4.69, 9.17) is 5.73 Å². The van der Waals surface area contributed by atoms with Crippen molar-refractivity contribution in [3.63, 3.8) is 0 Å². The summed E-state index contributed by atoms with van der Waals surface area (Å²) in [5.74, 6) is 1.24. The van der Waals surface area contributed by atoms with Crippen molar-refractivity contribution < 1.29 is 0 Å². The molecule has 1 aromatic heterocycles. The van der Waals surface area contributed by atoms with Crippen molar-refractivity contribution in [1.29, 1.82) is 0 Å². The smallest absolute Gasteiger partial charge is 0.189 e. The summed E-state index contributed by atoms with van der Waals surface area (Å²) < 4.78 is 0. The molecule has 1 aromatic rings. The fourth-order valence-corrected chi connectivity index (χ4v) is 2.23. The van der Waals surface area contributed by atoms with Crippen molar-refractivity contribution in [3.8, 4) is 0 Å². The van der Waals surface area contributed by atoms with E-state index in [0.717, 1.165) is 23.9 Å². The maximum Gasteiger partial charge on any atom is 0.189 e. The Balaban J connectivity index is 0.00000144. The van der Waals surface area contributed by atoms with E-state index in [1.54, 1.807) is 11.3 Å². The van der Waals surface area contributed by atoms with Crippen molar-refractivity contribution in [2.45, 2.75) is 38.6 Å². The van der Waals surface area contributed by atoms with Gasteiger partial charge in [-0.15, -0.1) is 35.3 Å². The van der Waals surface area contributed by atoms with Crippen LogP contribution in [0.3, 0.4) is 0 Å². The van der Waals surface area contributed by atoms with Crippen LogP contribution in [0.1, 0.15) is 42.8 Å². The second kappa shape index (κ2) is 7.15. The van der Waals surface area contributed by atoms with Crippen LogP contribution in [0.25, 0.3) is 0 Å². The predicted molar refractivity (Wildman–Crippen MR) is 83.1 cm³/mol. The Labute approximate surface area is 123 Å². The minimum atomic E-state index is 0. The molecule has 96 valence electrons. The summed E-state index contributed by atoms with van der Waals surface area (Å²) in [5, 5.41) is 6.26. The minimum Gasteiger partial charge on any atom is -0.370 e. The minimum absolute atomic E-state index is 0. The molecule has 4 nitrogen and oxygen atoms in total. The molecule has 0 saturated heterocycles. The quantitative estimate of drug-likeness (QED) is 0.478. The van der Waals surface area contributed by atoms with Gasteiger partial charge in [-0.05, 0) is 19.3 Å². The number of rotatable bonds is 5. The average Bonchev–Trinajstić information content (AvgIpc) is 3.03. The topological polar surface area (TPSA) is 63.3 Å². The Morgan fingerprint density at radius 1 is 1.65 bits per heavy atom. The molecule has 0 bridgehead atoms. The SMILES string of the molecule is CCCNC(N)=NCc1nc(C2CC2)cs1.I. The number of halogens is 1. The highest BCUT2D eigenvalue weighted by atomic mass is 127. The first-order valence-corrected chi connectivity index (χ1v) is 6.65. The largest absolute Gasteiger partial charge is 0.370 e. The first-order chi connectivity index (χ1) is 7.79. The predicted octanol–water partition coefficient (Wildman–Crippen LogP) is 2.45. The van der Waals surface area contributed by atoms with Gasteiger partial charge in [0.05, 0.1) is 12.2 Å². The summed E-state index contributed by atoms with van der Waals surface area (Å²) in [6.07, 6.45) is 3.65. The fourth-order valence-electron chi connectivity index (χ4n) is 1.43. The zero-order valence-corrected chi connectivity index (χ0v) is 13.1. The molecule has 0 spiro atoms. The number of guanidine groups is 1. The molecule has 0 amide bonds. The van der Waals surface area contributed by atoms with Crippen LogP contribution in [-0.2, 0) is 6.54 Å². The molecule has 1 aliphatic rings. The van der Waals surface area contributed by atoms with E-state index in [9.17, 15) is 0 Å². The van der Waals surface area contributed by atoms with E-state index in [0.29, 0.717) is 12.5 Å². The van der Waals surface area contributed by atoms with Crippen molar-refractivity contribution in [3.05, 3.63) is 16.1 Å². The van der Waals surface area contributed by atoms with Gasteiger partial charge in [-0.1, -0.05) is 6.92 Å². The third-order valence-electron chi connectivity index (χ3n) is 2.51. The summed E-state index contributed by atoms with van der Waals surface area (Å²) in [5.41, 5.74) is 6.95. The van der Waals surface area contributed by atoms with Crippen molar-refractivity contribution in [2.75, 3.05) is 6.54 Å². The van der Waals surface area contributed by atoms with Gasteiger partial charge >= 0.3 is 0 Å². The maximum absolute atomic E-state index is 5.70. The average molecular weight is 366 g/mol. The van der Waals surface area contributed by atoms with Gasteiger partial charge in [0.2, 0.25) is 0 Å². The summed E-state index contributed by atoms with van der Waals surface area (Å²) >= 11 is 1.68. The lowest BCUT2D eigenvalue weighted by atomic mass is 10.3. The van der Waals surface area contributed by atoms with Crippen LogP contribution in [-0.4, -0.2) is 17.5 Å². The number of nitrogens with one attached hydrogen (secondary N) is 1. The Morgan fingerprint density at radius 2 is 2.41 bits per heavy atom. The van der Waals surface area contributed by atoms with Gasteiger partial charge in [0.25, 0.3) is 0 Å². The van der Waals surface area contributed by atoms with Crippen LogP contribution < -0.4 is 11.1 Å². The van der Waals surface area contributed by atoms with Gasteiger partial charge in [-0.2, -0.15) is 0 Å². The fraction of sp³-hybridized carbons (Fsp3) is 0.636. The lowest BCUT2D eigenvalue weighted by molar-refractivity contribution is 0.824. The molecule has 0 atom stereocenters. The van der Waals surface area contributed by atoms with E-state index in [2.05, 4.69) is 27.6 Å². The lowest BCUT2D eigenvalue weighted by Crippen LogP contribution is -2.32. The molecule has 0 aliphatic heterocycles. The summed E-state index contributed by atoms with van der Waals surface area (Å²) in [4.78, 5) is 8.81. The first kappa shape index (κ1) is 14.7. The molecule has 1 aliphatic carbocycles. The van der Waals surface area contributed by atoms with E-state index in [1.807, 2.05) is 0 Å². The molecule has 0 aromatic carbocycles. The number of aliphatic imine (C=N–C) groups is 1. The highest BCUT2D eigenvalue weighted by molar-refractivity contribution is 14.0. The molecule has 3 N–H and O–H groups in total. The van der Waals surface area contributed by atoms with Crippen LogP contribution in [0.2, 0.25) is 0 Å². The molecular weight excluding hydrogens is 347 g/mol. The second-order valence-electron chi connectivity index (χ2n) is 4.07. The molecule has 6 heteroatoms. The molecule has 0 unspecified atom stereocenters. The normalized spacial score (nSPS) is 15.5. The Bertz CT molecular complexity index is 373. The van der Waals surface area contributed by atoms with Gasteiger partial charge in [-0.3, -0.25) is 0 Å². The molecule has 1 heterocycles. The molecule has 2 rings (SSSR count). The summed E-state index contributed by atoms with van der Waals surface area (Å²) in [6, 6.07) is 0. The summed E-state index contributed by atoms with van der Waals surface area (Å²) in [7, 11) is 0. The van der Waals surface area contributed by atoms with E-state index < -0.39 is 0 Å². The van der Waals surface area contributed by atoms with Gasteiger partial charge in [0.15, 0.2) is 5.96 Å². The molecule has 17 heavy (non-hydrogen) atoms. The van der Waals surface area contributed by atoms with Gasteiger partial charge in [-0.25, -0.2) is 9.98 Å². The second-order valence-corrected chi connectivity index (χ2v) is 5.01. The van der Waals surface area contributed by atoms with Crippen molar-refractivity contribution >= 4 is 41.3 Å². The molecule has 1 fully saturated rings. The Morgan fingerprint density at radius 3 is 3.06 bits per heavy atom. The number of thiazole rings is 1. The Hall–Kier alpha value is -0.370. The third-order valence-corrected chi connectivity index (χ3v) is 3.36. The lowest BCUT2D eigenvalue weighted by Gasteiger charge is -2.01. The molecule has 1 saturated carbocycles.